The van der Waals surface area contributed by atoms with Gasteiger partial charge in [0.1, 0.15) is 24.3 Å². The van der Waals surface area contributed by atoms with Gasteiger partial charge in [0.15, 0.2) is 0 Å². The molecular weight excluding hydrogens is 484 g/mol. The summed E-state index contributed by atoms with van der Waals surface area (Å²) in [5, 5.41) is 2.51. The molecule has 0 unspecified atom stereocenters. The van der Waals surface area contributed by atoms with Crippen LogP contribution in [0.25, 0.3) is 22.7 Å². The zero-order valence-corrected chi connectivity index (χ0v) is 24.2. The largest absolute Gasteiger partial charge is 0.338 e. The van der Waals surface area contributed by atoms with Gasteiger partial charge in [-0.2, -0.15) is 4.57 Å². The molecule has 2 heterocycles. The van der Waals surface area contributed by atoms with Gasteiger partial charge < -0.3 is 9.38 Å². The molecule has 1 aliphatic heterocycles. The van der Waals surface area contributed by atoms with E-state index in [-0.39, 0.29) is 0 Å². The van der Waals surface area contributed by atoms with Crippen molar-refractivity contribution in [3.63, 3.8) is 0 Å². The summed E-state index contributed by atoms with van der Waals surface area (Å²) in [6.45, 7) is 8.81. The second kappa shape index (κ2) is 11.2. The number of hydrogen-bond acceptors (Lipinski definition) is 3. The maximum absolute atomic E-state index is 2.55. The monoisotopic (exact) mass is 524 g/mol. The number of hydrogen-bond donors (Lipinski definition) is 0. The smallest absolute Gasteiger partial charge is 0.283 e. The van der Waals surface area contributed by atoms with Gasteiger partial charge in [-0.3, -0.25) is 4.90 Å². The van der Waals surface area contributed by atoms with E-state index in [0.717, 1.165) is 24.1 Å². The lowest BCUT2D eigenvalue weighted by Crippen LogP contribution is -2.48. The second-order valence-corrected chi connectivity index (χ2v) is 11.8. The van der Waals surface area contributed by atoms with E-state index in [1.807, 2.05) is 11.8 Å². The Labute approximate surface area is 232 Å². The van der Waals surface area contributed by atoms with E-state index in [0.29, 0.717) is 0 Å². The molecule has 5 rings (SSSR count). The number of anilines is 2. The lowest BCUT2D eigenvalue weighted by Gasteiger charge is -2.31. The number of quaternary nitrogens is 1. The maximum atomic E-state index is 2.55. The third kappa shape index (κ3) is 5.31. The molecular formula is C33H40N4S+2. The number of benzene rings is 3. The summed E-state index contributed by atoms with van der Waals surface area (Å²) in [7, 11) is 6.88. The lowest BCUT2D eigenvalue weighted by molar-refractivity contribution is -0.888. The van der Waals surface area contributed by atoms with Crippen LogP contribution in [0.4, 0.5) is 11.5 Å². The topological polar surface area (TPSA) is 10.4 Å². The quantitative estimate of drug-likeness (QED) is 0.173. The molecule has 0 N–H and O–H groups in total. The molecule has 0 amide bonds. The van der Waals surface area contributed by atoms with E-state index in [4.69, 9.17) is 0 Å². The highest BCUT2D eigenvalue weighted by Gasteiger charge is 2.27. The average Bonchev–Trinajstić information content (AvgIpc) is 3.24. The molecule has 4 aromatic rings. The molecule has 0 saturated carbocycles. The molecule has 0 radical (unpaired) electrons. The van der Waals surface area contributed by atoms with Gasteiger partial charge in [-0.05, 0) is 55.3 Å². The van der Waals surface area contributed by atoms with Gasteiger partial charge in [0.25, 0.3) is 5.82 Å². The Balaban J connectivity index is 1.67. The molecule has 196 valence electrons. The van der Waals surface area contributed by atoms with Crippen LogP contribution in [0.1, 0.15) is 25.8 Å². The fourth-order valence-corrected chi connectivity index (χ4v) is 6.54. The Kier molecular flexibility index (Phi) is 7.78. The van der Waals surface area contributed by atoms with E-state index in [9.17, 15) is 0 Å². The van der Waals surface area contributed by atoms with Crippen molar-refractivity contribution in [2.45, 2.75) is 25.2 Å². The molecule has 1 aromatic heterocycles. The highest BCUT2D eigenvalue weighted by Crippen LogP contribution is 2.45. The fourth-order valence-electron chi connectivity index (χ4n) is 5.44. The summed E-state index contributed by atoms with van der Waals surface area (Å²) >= 11 is 1.85. The SMILES string of the molecule is CCC[N+](C)(C)CCN(CC)c1cc(C=C2Sc3ccccc3N2C)c2ccccc2[n+]1-c1ccccc1. The zero-order valence-electron chi connectivity index (χ0n) is 23.4. The normalized spacial score (nSPS) is 14.3. The van der Waals surface area contributed by atoms with Gasteiger partial charge in [-0.1, -0.05) is 67.2 Å². The van der Waals surface area contributed by atoms with Gasteiger partial charge in [-0.15, -0.1) is 0 Å². The summed E-state index contributed by atoms with van der Waals surface area (Å²) in [4.78, 5) is 6.18. The van der Waals surface area contributed by atoms with Crippen LogP contribution in [0.5, 0.6) is 0 Å². The van der Waals surface area contributed by atoms with Crippen molar-refractivity contribution in [2.24, 2.45) is 0 Å². The van der Waals surface area contributed by atoms with Crippen LogP contribution in [-0.4, -0.2) is 51.8 Å². The minimum absolute atomic E-state index is 0.952. The van der Waals surface area contributed by atoms with E-state index >= 15 is 0 Å². The van der Waals surface area contributed by atoms with E-state index in [2.05, 4.69) is 140 Å². The van der Waals surface area contributed by atoms with Gasteiger partial charge in [0, 0.05) is 23.4 Å². The summed E-state index contributed by atoms with van der Waals surface area (Å²) < 4.78 is 3.48. The van der Waals surface area contributed by atoms with Crippen molar-refractivity contribution >= 4 is 40.2 Å². The van der Waals surface area contributed by atoms with Gasteiger partial charge in [0.05, 0.1) is 37.9 Å². The van der Waals surface area contributed by atoms with E-state index < -0.39 is 0 Å². The Morgan fingerprint density at radius 3 is 2.34 bits per heavy atom. The highest BCUT2D eigenvalue weighted by molar-refractivity contribution is 8.03. The summed E-state index contributed by atoms with van der Waals surface area (Å²) in [6.07, 6.45) is 3.57. The van der Waals surface area contributed by atoms with Crippen LogP contribution in [0.15, 0.2) is 94.9 Å². The molecule has 0 aliphatic carbocycles. The minimum Gasteiger partial charge on any atom is -0.338 e. The number of para-hydroxylation sites is 3. The molecule has 0 bridgehead atoms. The summed E-state index contributed by atoms with van der Waals surface area (Å²) in [5.41, 5.74) is 4.95. The Hall–Kier alpha value is -3.28. The number of aromatic nitrogens is 1. The van der Waals surface area contributed by atoms with Crippen LogP contribution >= 0.6 is 11.8 Å². The predicted octanol–water partition coefficient (Wildman–Crippen LogP) is 6.97. The lowest BCUT2D eigenvalue weighted by atomic mass is 10.1. The molecule has 0 spiro atoms. The predicted molar refractivity (Wildman–Crippen MR) is 164 cm³/mol. The number of fused-ring (bicyclic) bond motifs is 2. The van der Waals surface area contributed by atoms with Gasteiger partial charge in [-0.25, -0.2) is 0 Å². The summed E-state index contributed by atoms with van der Waals surface area (Å²) in [6, 6.07) is 30.7. The van der Waals surface area contributed by atoms with Crippen LogP contribution in [0, 0.1) is 0 Å². The molecule has 3 aromatic carbocycles. The fraction of sp³-hybridized carbons (Fsp3) is 0.303. The molecule has 1 aliphatic rings. The highest BCUT2D eigenvalue weighted by atomic mass is 32.2. The van der Waals surface area contributed by atoms with Crippen LogP contribution in [0.2, 0.25) is 0 Å². The first kappa shape index (κ1) is 26.3. The number of nitrogens with zero attached hydrogens (tertiary/aromatic N) is 4. The third-order valence-electron chi connectivity index (χ3n) is 7.54. The number of pyridine rings is 1. The first-order valence-electron chi connectivity index (χ1n) is 13.7. The van der Waals surface area contributed by atoms with Crippen molar-refractivity contribution in [1.29, 1.82) is 0 Å². The van der Waals surface area contributed by atoms with Crippen molar-refractivity contribution < 1.29 is 9.05 Å². The molecule has 0 atom stereocenters. The standard InChI is InChI=1S/C33H40N4S/c1-6-22-37(4,5)23-21-35(7-2)32-24-26(25-33-34(3)30-19-13-14-20-31(30)38-33)28-17-11-12-18-29(28)36(32)27-15-9-8-10-16-27/h8-20,24-25H,6-7,21-23H2,1-5H3/q+2. The van der Waals surface area contributed by atoms with Crippen molar-refractivity contribution in [2.75, 3.05) is 57.1 Å². The van der Waals surface area contributed by atoms with E-state index in [1.165, 1.54) is 56.5 Å². The van der Waals surface area contributed by atoms with Gasteiger partial charge in [0.2, 0.25) is 0 Å². The number of thioether (sulfide) groups is 1. The van der Waals surface area contributed by atoms with Crippen LogP contribution < -0.4 is 14.4 Å². The minimum atomic E-state index is 0.952. The molecule has 0 fully saturated rings. The second-order valence-electron chi connectivity index (χ2n) is 10.7. The average molecular weight is 525 g/mol. The van der Waals surface area contributed by atoms with Crippen LogP contribution in [0.3, 0.4) is 0 Å². The zero-order chi connectivity index (χ0) is 26.7. The summed E-state index contributed by atoms with van der Waals surface area (Å²) in [5.74, 6) is 1.24. The Morgan fingerprint density at radius 2 is 1.61 bits per heavy atom. The molecule has 0 saturated heterocycles. The van der Waals surface area contributed by atoms with Crippen molar-refractivity contribution in [3.05, 3.63) is 95.5 Å². The number of rotatable bonds is 9. The molecule has 38 heavy (non-hydrogen) atoms. The maximum Gasteiger partial charge on any atom is 0.283 e. The third-order valence-corrected chi connectivity index (χ3v) is 8.71. The Morgan fingerprint density at radius 1 is 0.895 bits per heavy atom. The van der Waals surface area contributed by atoms with Crippen molar-refractivity contribution in [3.8, 4) is 5.69 Å². The van der Waals surface area contributed by atoms with Crippen molar-refractivity contribution in [1.82, 2.24) is 0 Å². The molecule has 4 nitrogen and oxygen atoms in total. The van der Waals surface area contributed by atoms with Gasteiger partial charge >= 0.3 is 0 Å². The van der Waals surface area contributed by atoms with Crippen LogP contribution in [-0.2, 0) is 0 Å². The molecule has 5 heteroatoms. The first-order valence-corrected chi connectivity index (χ1v) is 14.6. The number of likely N-dealkylation sites (N-methyl/N-ethyl adjacent to an activating group) is 2. The first-order chi connectivity index (χ1) is 18.4. The van der Waals surface area contributed by atoms with E-state index in [1.54, 1.807) is 0 Å². The Bertz CT molecular complexity index is 1440.